The predicted octanol–water partition coefficient (Wildman–Crippen LogP) is 1.55. The van der Waals surface area contributed by atoms with E-state index in [0.717, 1.165) is 12.1 Å². The lowest BCUT2D eigenvalue weighted by molar-refractivity contribution is -0.118. The number of carbonyl (C=O) groups excluding carboxylic acids is 1. The van der Waals surface area contributed by atoms with Gasteiger partial charge in [0.1, 0.15) is 0 Å². The van der Waals surface area contributed by atoms with Gasteiger partial charge in [-0.25, -0.2) is 8.78 Å². The van der Waals surface area contributed by atoms with Crippen molar-refractivity contribution in [1.29, 1.82) is 0 Å². The van der Waals surface area contributed by atoms with Crippen LogP contribution in [0.2, 0.25) is 0 Å². The number of phenolic OH excluding ortho intramolecular Hbond substituents is 1. The zero-order valence-corrected chi connectivity index (χ0v) is 9.18. The van der Waals surface area contributed by atoms with Crippen LogP contribution in [-0.2, 0) is 4.79 Å². The summed E-state index contributed by atoms with van der Waals surface area (Å²) in [4.78, 5) is 10.5. The largest absolute Gasteiger partial charge is 0.503 e. The van der Waals surface area contributed by atoms with Crippen LogP contribution in [-0.4, -0.2) is 17.6 Å². The van der Waals surface area contributed by atoms with Gasteiger partial charge in [-0.05, 0) is 12.1 Å². The van der Waals surface area contributed by atoms with E-state index in [1.807, 2.05) is 0 Å². The molecule has 0 spiro atoms. The summed E-state index contributed by atoms with van der Waals surface area (Å²) in [6, 6.07) is 1.90. The van der Waals surface area contributed by atoms with Crippen LogP contribution >= 0.6 is 0 Å². The number of hydrogen-bond donors (Lipinski definition) is 2. The van der Waals surface area contributed by atoms with Crippen LogP contribution < -0.4 is 5.32 Å². The van der Waals surface area contributed by atoms with E-state index in [4.69, 9.17) is 5.11 Å². The molecule has 3 nitrogen and oxygen atoms in total. The predicted molar refractivity (Wildman–Crippen MR) is 58.2 cm³/mol. The highest BCUT2D eigenvalue weighted by atomic mass is 19.1. The summed E-state index contributed by atoms with van der Waals surface area (Å²) < 4.78 is 25.8. The molecular formula is C12H11F2NO2. The third-order valence-electron chi connectivity index (χ3n) is 1.87. The van der Waals surface area contributed by atoms with Crippen LogP contribution in [0.4, 0.5) is 8.78 Å². The molecular weight excluding hydrogens is 228 g/mol. The Labute approximate surface area is 97.5 Å². The van der Waals surface area contributed by atoms with E-state index in [2.05, 4.69) is 17.2 Å². The smallest absolute Gasteiger partial charge is 0.216 e. The summed E-state index contributed by atoms with van der Waals surface area (Å²) in [6.07, 6.45) is 0.379. The van der Waals surface area contributed by atoms with Crippen molar-refractivity contribution in [1.82, 2.24) is 5.32 Å². The van der Waals surface area contributed by atoms with Crippen LogP contribution in [0.15, 0.2) is 12.1 Å². The van der Waals surface area contributed by atoms with Crippen LogP contribution in [0.5, 0.6) is 5.75 Å². The molecule has 1 aromatic carbocycles. The van der Waals surface area contributed by atoms with Gasteiger partial charge in [-0.1, -0.05) is 11.8 Å². The fourth-order valence-corrected chi connectivity index (χ4v) is 1.10. The van der Waals surface area contributed by atoms with Gasteiger partial charge < -0.3 is 10.4 Å². The summed E-state index contributed by atoms with van der Waals surface area (Å²) in [5.41, 5.74) is 0.139. The third kappa shape index (κ3) is 4.11. The van der Waals surface area contributed by atoms with Crippen molar-refractivity contribution in [2.75, 3.05) is 6.54 Å². The van der Waals surface area contributed by atoms with Crippen LogP contribution in [0.25, 0.3) is 0 Å². The lowest BCUT2D eigenvalue weighted by Crippen LogP contribution is -2.20. The molecule has 0 aliphatic rings. The van der Waals surface area contributed by atoms with Gasteiger partial charge in [-0.15, -0.1) is 0 Å². The fourth-order valence-electron chi connectivity index (χ4n) is 1.10. The van der Waals surface area contributed by atoms with Crippen molar-refractivity contribution in [2.45, 2.75) is 13.3 Å². The maximum atomic E-state index is 12.9. The molecule has 0 radical (unpaired) electrons. The standard InChI is InChI=1S/C12H11F2NO2/c1-8(16)15-5-3-2-4-9-6-10(13)12(17)11(14)7-9/h6-7,17H,3,5H2,1H3,(H,15,16). The minimum atomic E-state index is -1.05. The van der Waals surface area contributed by atoms with E-state index >= 15 is 0 Å². The van der Waals surface area contributed by atoms with Crippen molar-refractivity contribution in [3.63, 3.8) is 0 Å². The zero-order chi connectivity index (χ0) is 12.8. The summed E-state index contributed by atoms with van der Waals surface area (Å²) >= 11 is 0. The Morgan fingerprint density at radius 2 is 2.00 bits per heavy atom. The van der Waals surface area contributed by atoms with Gasteiger partial charge in [0.15, 0.2) is 17.4 Å². The third-order valence-corrected chi connectivity index (χ3v) is 1.87. The Bertz CT molecular complexity index is 466. The van der Waals surface area contributed by atoms with Gasteiger partial charge in [0, 0.05) is 25.5 Å². The minimum Gasteiger partial charge on any atom is -0.503 e. The van der Waals surface area contributed by atoms with Crippen molar-refractivity contribution in [2.24, 2.45) is 0 Å². The maximum absolute atomic E-state index is 12.9. The molecule has 0 saturated heterocycles. The Hall–Kier alpha value is -2.09. The molecule has 0 unspecified atom stereocenters. The molecule has 1 rings (SSSR count). The van der Waals surface area contributed by atoms with Crippen LogP contribution in [0.3, 0.4) is 0 Å². The number of halogens is 2. The number of phenols is 1. The zero-order valence-electron chi connectivity index (χ0n) is 9.18. The number of rotatable bonds is 2. The highest BCUT2D eigenvalue weighted by Gasteiger charge is 2.07. The van der Waals surface area contributed by atoms with E-state index in [-0.39, 0.29) is 11.5 Å². The lowest BCUT2D eigenvalue weighted by atomic mass is 10.2. The van der Waals surface area contributed by atoms with Crippen molar-refractivity contribution < 1.29 is 18.7 Å². The monoisotopic (exact) mass is 239 g/mol. The highest BCUT2D eigenvalue weighted by molar-refractivity contribution is 5.72. The Morgan fingerprint density at radius 3 is 2.53 bits per heavy atom. The van der Waals surface area contributed by atoms with Gasteiger partial charge in [-0.2, -0.15) is 0 Å². The van der Waals surface area contributed by atoms with Gasteiger partial charge in [-0.3, -0.25) is 4.79 Å². The maximum Gasteiger partial charge on any atom is 0.216 e. The number of nitrogens with one attached hydrogen (secondary N) is 1. The number of amides is 1. The molecule has 1 aromatic rings. The van der Waals surface area contributed by atoms with Gasteiger partial charge >= 0.3 is 0 Å². The molecule has 0 fully saturated rings. The molecule has 0 aliphatic heterocycles. The van der Waals surface area contributed by atoms with Crippen LogP contribution in [0.1, 0.15) is 18.9 Å². The average molecular weight is 239 g/mol. The second kappa shape index (κ2) is 5.85. The molecule has 0 aliphatic carbocycles. The molecule has 0 bridgehead atoms. The average Bonchev–Trinajstić information content (AvgIpc) is 2.25. The Kier molecular flexibility index (Phi) is 4.46. The van der Waals surface area contributed by atoms with E-state index in [0.29, 0.717) is 13.0 Å². The van der Waals surface area contributed by atoms with Gasteiger partial charge in [0.25, 0.3) is 0 Å². The number of benzene rings is 1. The first-order chi connectivity index (χ1) is 8.00. The number of carbonyl (C=O) groups is 1. The molecule has 17 heavy (non-hydrogen) atoms. The second-order valence-corrected chi connectivity index (χ2v) is 3.32. The fraction of sp³-hybridized carbons (Fsp3) is 0.250. The van der Waals surface area contributed by atoms with E-state index in [9.17, 15) is 13.6 Å². The van der Waals surface area contributed by atoms with E-state index in [1.54, 1.807) is 0 Å². The van der Waals surface area contributed by atoms with Crippen LogP contribution in [0, 0.1) is 23.5 Å². The summed E-state index contributed by atoms with van der Waals surface area (Å²) in [7, 11) is 0. The Balaban J connectivity index is 2.63. The molecule has 1 amide bonds. The first-order valence-electron chi connectivity index (χ1n) is 4.92. The quantitative estimate of drug-likeness (QED) is 0.607. The minimum absolute atomic E-state index is 0.139. The number of aromatic hydroxyl groups is 1. The molecule has 0 atom stereocenters. The van der Waals surface area contributed by atoms with Crippen molar-refractivity contribution in [3.05, 3.63) is 29.3 Å². The lowest BCUT2D eigenvalue weighted by Gasteiger charge is -1.98. The highest BCUT2D eigenvalue weighted by Crippen LogP contribution is 2.20. The summed E-state index contributed by atoms with van der Waals surface area (Å²) in [6.45, 7) is 1.77. The van der Waals surface area contributed by atoms with E-state index < -0.39 is 17.4 Å². The van der Waals surface area contributed by atoms with Gasteiger partial charge in [0.05, 0.1) is 0 Å². The topological polar surface area (TPSA) is 49.3 Å². The molecule has 0 aromatic heterocycles. The van der Waals surface area contributed by atoms with Crippen molar-refractivity contribution >= 4 is 5.91 Å². The molecule has 5 heteroatoms. The molecule has 0 saturated carbocycles. The first kappa shape index (κ1) is 13.0. The van der Waals surface area contributed by atoms with Crippen molar-refractivity contribution in [3.8, 4) is 17.6 Å². The normalized spacial score (nSPS) is 9.35. The first-order valence-corrected chi connectivity index (χ1v) is 4.92. The molecule has 0 heterocycles. The van der Waals surface area contributed by atoms with Gasteiger partial charge in [0.2, 0.25) is 5.91 Å². The Morgan fingerprint density at radius 1 is 1.41 bits per heavy atom. The summed E-state index contributed by atoms with van der Waals surface area (Å²) in [5, 5.41) is 11.4. The van der Waals surface area contributed by atoms with E-state index in [1.165, 1.54) is 6.92 Å². The number of hydrogen-bond acceptors (Lipinski definition) is 2. The summed E-state index contributed by atoms with van der Waals surface area (Å²) in [5.74, 6) is 1.93. The SMILES string of the molecule is CC(=O)NCCC#Cc1cc(F)c(O)c(F)c1. The molecule has 90 valence electrons. The second-order valence-electron chi connectivity index (χ2n) is 3.32. The molecule has 2 N–H and O–H groups in total.